The normalized spacial score (nSPS) is 16.6. The molecule has 0 bridgehead atoms. The summed E-state index contributed by atoms with van der Waals surface area (Å²) in [4.78, 5) is 0. The standard InChI is InChI=1S/C15H20/c1-12(2)14-9-6-10-15(11-14)13-7-4-3-5-8-13/h6-7,9-12H,3-5,8H2,1-2H3. The number of hydrogen-bond donors (Lipinski definition) is 0. The molecule has 0 fully saturated rings. The van der Waals surface area contributed by atoms with Gasteiger partial charge in [0.05, 0.1) is 0 Å². The highest BCUT2D eigenvalue weighted by molar-refractivity contribution is 5.66. The molecule has 0 N–H and O–H groups in total. The fraction of sp³-hybridized carbons (Fsp3) is 0.467. The van der Waals surface area contributed by atoms with Gasteiger partial charge in [-0.3, -0.25) is 0 Å². The van der Waals surface area contributed by atoms with Crippen LogP contribution >= 0.6 is 0 Å². The zero-order chi connectivity index (χ0) is 10.7. The quantitative estimate of drug-likeness (QED) is 0.645. The third-order valence-electron chi connectivity index (χ3n) is 3.22. The predicted octanol–water partition coefficient (Wildman–Crippen LogP) is 4.77. The maximum absolute atomic E-state index is 2.42. The molecule has 0 amide bonds. The first kappa shape index (κ1) is 10.5. The summed E-state index contributed by atoms with van der Waals surface area (Å²) in [6.07, 6.45) is 7.68. The highest BCUT2D eigenvalue weighted by Gasteiger charge is 2.07. The van der Waals surface area contributed by atoms with Crippen LogP contribution in [0.15, 0.2) is 30.3 Å². The zero-order valence-electron chi connectivity index (χ0n) is 9.79. The highest BCUT2D eigenvalue weighted by atomic mass is 14.1. The molecule has 0 saturated carbocycles. The van der Waals surface area contributed by atoms with Gasteiger partial charge in [0.1, 0.15) is 0 Å². The van der Waals surface area contributed by atoms with E-state index in [9.17, 15) is 0 Å². The van der Waals surface area contributed by atoms with Crippen LogP contribution in [0.3, 0.4) is 0 Å². The molecule has 1 aromatic carbocycles. The minimum Gasteiger partial charge on any atom is -0.0807 e. The summed E-state index contributed by atoms with van der Waals surface area (Å²) in [5.74, 6) is 0.633. The van der Waals surface area contributed by atoms with E-state index in [2.05, 4.69) is 44.2 Å². The molecule has 0 nitrogen and oxygen atoms in total. The van der Waals surface area contributed by atoms with Crippen molar-refractivity contribution in [3.8, 4) is 0 Å². The van der Waals surface area contributed by atoms with E-state index in [1.807, 2.05) is 0 Å². The van der Waals surface area contributed by atoms with Crippen LogP contribution in [0.2, 0.25) is 0 Å². The molecule has 0 aliphatic heterocycles. The van der Waals surface area contributed by atoms with Gasteiger partial charge in [0, 0.05) is 0 Å². The van der Waals surface area contributed by atoms with Crippen molar-refractivity contribution in [2.24, 2.45) is 0 Å². The van der Waals surface area contributed by atoms with Gasteiger partial charge in [-0.05, 0) is 48.3 Å². The van der Waals surface area contributed by atoms with Crippen LogP contribution in [0.5, 0.6) is 0 Å². The van der Waals surface area contributed by atoms with E-state index >= 15 is 0 Å². The molecule has 0 atom stereocenters. The Hall–Kier alpha value is -1.04. The Labute approximate surface area is 93.0 Å². The van der Waals surface area contributed by atoms with Crippen LogP contribution in [-0.2, 0) is 0 Å². The first-order chi connectivity index (χ1) is 7.27. The van der Waals surface area contributed by atoms with E-state index in [0.717, 1.165) is 0 Å². The highest BCUT2D eigenvalue weighted by Crippen LogP contribution is 2.28. The van der Waals surface area contributed by atoms with Crippen LogP contribution in [0.4, 0.5) is 0 Å². The van der Waals surface area contributed by atoms with Gasteiger partial charge < -0.3 is 0 Å². The van der Waals surface area contributed by atoms with Crippen molar-refractivity contribution in [2.45, 2.75) is 45.4 Å². The maximum Gasteiger partial charge on any atom is -0.0219 e. The molecule has 2 rings (SSSR count). The molecular formula is C15H20. The van der Waals surface area contributed by atoms with E-state index in [1.54, 1.807) is 5.57 Å². The Kier molecular flexibility index (Phi) is 3.25. The Morgan fingerprint density at radius 1 is 1.13 bits per heavy atom. The van der Waals surface area contributed by atoms with E-state index in [-0.39, 0.29) is 0 Å². The van der Waals surface area contributed by atoms with E-state index in [0.29, 0.717) is 5.92 Å². The Bertz CT molecular complexity index is 358. The van der Waals surface area contributed by atoms with Gasteiger partial charge in [-0.25, -0.2) is 0 Å². The van der Waals surface area contributed by atoms with Crippen molar-refractivity contribution < 1.29 is 0 Å². The van der Waals surface area contributed by atoms with Crippen molar-refractivity contribution >= 4 is 5.57 Å². The van der Waals surface area contributed by atoms with E-state index < -0.39 is 0 Å². The Morgan fingerprint density at radius 3 is 2.67 bits per heavy atom. The largest absolute Gasteiger partial charge is 0.0807 e. The van der Waals surface area contributed by atoms with Crippen molar-refractivity contribution in [3.63, 3.8) is 0 Å². The fourth-order valence-electron chi connectivity index (χ4n) is 2.20. The molecule has 1 aliphatic rings. The molecule has 0 radical (unpaired) electrons. The van der Waals surface area contributed by atoms with Gasteiger partial charge in [-0.2, -0.15) is 0 Å². The molecule has 0 unspecified atom stereocenters. The van der Waals surface area contributed by atoms with Crippen LogP contribution in [-0.4, -0.2) is 0 Å². The first-order valence-electron chi connectivity index (χ1n) is 6.07. The van der Waals surface area contributed by atoms with Crippen LogP contribution in [0, 0.1) is 0 Å². The van der Waals surface area contributed by atoms with Gasteiger partial charge in [-0.1, -0.05) is 44.2 Å². The second-order valence-electron chi connectivity index (χ2n) is 4.76. The monoisotopic (exact) mass is 200 g/mol. The van der Waals surface area contributed by atoms with Crippen molar-refractivity contribution in [1.82, 2.24) is 0 Å². The maximum atomic E-state index is 2.42. The summed E-state index contributed by atoms with van der Waals surface area (Å²) in [6, 6.07) is 9.04. The number of rotatable bonds is 2. The average Bonchev–Trinajstić information content (AvgIpc) is 2.30. The van der Waals surface area contributed by atoms with Gasteiger partial charge >= 0.3 is 0 Å². The van der Waals surface area contributed by atoms with Gasteiger partial charge in [0.2, 0.25) is 0 Å². The van der Waals surface area contributed by atoms with Gasteiger partial charge in [0.25, 0.3) is 0 Å². The van der Waals surface area contributed by atoms with E-state index in [1.165, 1.54) is 36.8 Å². The number of allylic oxidation sites excluding steroid dienone is 2. The smallest absolute Gasteiger partial charge is 0.0219 e. The van der Waals surface area contributed by atoms with Crippen molar-refractivity contribution in [2.75, 3.05) is 0 Å². The summed E-state index contributed by atoms with van der Waals surface area (Å²) in [7, 11) is 0. The summed E-state index contributed by atoms with van der Waals surface area (Å²) >= 11 is 0. The lowest BCUT2D eigenvalue weighted by atomic mass is 9.91. The van der Waals surface area contributed by atoms with Gasteiger partial charge in [0.15, 0.2) is 0 Å². The molecule has 15 heavy (non-hydrogen) atoms. The Morgan fingerprint density at radius 2 is 2.00 bits per heavy atom. The molecule has 80 valence electrons. The second kappa shape index (κ2) is 4.65. The van der Waals surface area contributed by atoms with Crippen LogP contribution < -0.4 is 0 Å². The topological polar surface area (TPSA) is 0 Å². The minimum absolute atomic E-state index is 0.633. The molecule has 0 heteroatoms. The minimum atomic E-state index is 0.633. The second-order valence-corrected chi connectivity index (χ2v) is 4.76. The van der Waals surface area contributed by atoms with Crippen molar-refractivity contribution in [1.29, 1.82) is 0 Å². The molecule has 1 aliphatic carbocycles. The molecule has 0 saturated heterocycles. The lowest BCUT2D eigenvalue weighted by Gasteiger charge is -2.14. The van der Waals surface area contributed by atoms with E-state index in [4.69, 9.17) is 0 Å². The summed E-state index contributed by atoms with van der Waals surface area (Å²) < 4.78 is 0. The van der Waals surface area contributed by atoms with Gasteiger partial charge in [-0.15, -0.1) is 0 Å². The molecular weight excluding hydrogens is 180 g/mol. The molecule has 1 aromatic rings. The first-order valence-corrected chi connectivity index (χ1v) is 6.07. The number of hydrogen-bond acceptors (Lipinski definition) is 0. The van der Waals surface area contributed by atoms with Crippen molar-refractivity contribution in [3.05, 3.63) is 41.5 Å². The summed E-state index contributed by atoms with van der Waals surface area (Å²) in [5, 5.41) is 0. The average molecular weight is 200 g/mol. The third kappa shape index (κ3) is 2.50. The summed E-state index contributed by atoms with van der Waals surface area (Å²) in [6.45, 7) is 4.52. The van der Waals surface area contributed by atoms with Crippen LogP contribution in [0.1, 0.15) is 56.6 Å². The fourth-order valence-corrected chi connectivity index (χ4v) is 2.20. The zero-order valence-corrected chi connectivity index (χ0v) is 9.79. The molecule has 0 spiro atoms. The third-order valence-corrected chi connectivity index (χ3v) is 3.22. The molecule has 0 heterocycles. The lowest BCUT2D eigenvalue weighted by Crippen LogP contribution is -1.94. The lowest BCUT2D eigenvalue weighted by molar-refractivity contribution is 0.741. The molecule has 0 aromatic heterocycles. The summed E-state index contributed by atoms with van der Waals surface area (Å²) in [5.41, 5.74) is 4.46. The SMILES string of the molecule is CC(C)c1cccc(C2=CCCCC2)c1. The number of benzene rings is 1. The Balaban J connectivity index is 2.27. The van der Waals surface area contributed by atoms with Crippen LogP contribution in [0.25, 0.3) is 5.57 Å². The predicted molar refractivity (Wildman–Crippen MR) is 67.0 cm³/mol.